The van der Waals surface area contributed by atoms with Crippen molar-refractivity contribution in [3.05, 3.63) is 35.4 Å². The number of hydrogen-bond acceptors (Lipinski definition) is 5. The number of carbonyl (C=O) groups is 2. The van der Waals surface area contributed by atoms with Crippen molar-refractivity contribution in [1.82, 2.24) is 10.8 Å². The lowest BCUT2D eigenvalue weighted by molar-refractivity contribution is -0.132. The summed E-state index contributed by atoms with van der Waals surface area (Å²) in [6.45, 7) is 5.97. The van der Waals surface area contributed by atoms with Crippen molar-refractivity contribution in [2.45, 2.75) is 32.4 Å². The predicted octanol–water partition coefficient (Wildman–Crippen LogP) is 0.419. The fourth-order valence-electron chi connectivity index (χ4n) is 1.91. The van der Waals surface area contributed by atoms with E-state index in [4.69, 9.17) is 15.7 Å². The summed E-state index contributed by atoms with van der Waals surface area (Å²) in [5.74, 6) is 9.69. The molecule has 1 atom stereocenters. The molecular formula is C19H23N3O4. The van der Waals surface area contributed by atoms with Gasteiger partial charge in [-0.1, -0.05) is 11.8 Å². The van der Waals surface area contributed by atoms with E-state index >= 15 is 0 Å². The highest BCUT2D eigenvalue weighted by molar-refractivity contribution is 5.97. The third kappa shape index (κ3) is 6.96. The summed E-state index contributed by atoms with van der Waals surface area (Å²) in [4.78, 5) is 24.0. The molecule has 0 bridgehead atoms. The molecule has 7 nitrogen and oxygen atoms in total. The van der Waals surface area contributed by atoms with Gasteiger partial charge >= 0.3 is 0 Å². The number of carbonyl (C=O) groups excluding carboxylic acids is 2. The number of hydroxylamine groups is 1. The first-order valence-corrected chi connectivity index (χ1v) is 8.00. The van der Waals surface area contributed by atoms with Crippen LogP contribution >= 0.6 is 0 Å². The van der Waals surface area contributed by atoms with Crippen LogP contribution in [0.15, 0.2) is 24.3 Å². The van der Waals surface area contributed by atoms with Gasteiger partial charge in [0.1, 0.15) is 12.6 Å². The largest absolute Gasteiger partial charge is 0.369 e. The van der Waals surface area contributed by atoms with E-state index in [0.29, 0.717) is 24.3 Å². The Morgan fingerprint density at radius 3 is 2.46 bits per heavy atom. The molecule has 0 aromatic heterocycles. The second kappa shape index (κ2) is 10.2. The van der Waals surface area contributed by atoms with Gasteiger partial charge in [-0.05, 0) is 56.9 Å². The second-order valence-corrected chi connectivity index (χ2v) is 5.97. The van der Waals surface area contributed by atoms with Crippen molar-refractivity contribution < 1.29 is 19.5 Å². The monoisotopic (exact) mass is 357 g/mol. The number of hydrogen-bond donors (Lipinski definition) is 4. The summed E-state index contributed by atoms with van der Waals surface area (Å²) in [6, 6.07) is 5.39. The third-order valence-electron chi connectivity index (χ3n) is 3.28. The Morgan fingerprint density at radius 2 is 1.92 bits per heavy atom. The molecule has 1 aromatic rings. The maximum atomic E-state index is 12.3. The second-order valence-electron chi connectivity index (χ2n) is 5.97. The van der Waals surface area contributed by atoms with Crippen LogP contribution in [0.5, 0.6) is 0 Å². The van der Waals surface area contributed by atoms with Crippen molar-refractivity contribution in [1.29, 1.82) is 0 Å². The Balaban J connectivity index is 2.78. The number of nitrogens with one attached hydrogen (secondary N) is 2. The predicted molar refractivity (Wildman–Crippen MR) is 97.0 cm³/mol. The zero-order chi connectivity index (χ0) is 19.6. The lowest BCUT2D eigenvalue weighted by atomic mass is 9.95. The average molecular weight is 357 g/mol. The van der Waals surface area contributed by atoms with E-state index < -0.39 is 23.4 Å². The van der Waals surface area contributed by atoms with Crippen molar-refractivity contribution >= 4 is 11.8 Å². The van der Waals surface area contributed by atoms with E-state index in [1.165, 1.54) is 5.48 Å². The van der Waals surface area contributed by atoms with Crippen molar-refractivity contribution in [3.63, 3.8) is 0 Å². The van der Waals surface area contributed by atoms with Gasteiger partial charge in [0.05, 0.1) is 0 Å². The molecule has 1 aromatic carbocycles. The molecule has 1 rings (SSSR count). The summed E-state index contributed by atoms with van der Waals surface area (Å²) in [5.41, 5.74) is 7.34. The van der Waals surface area contributed by atoms with Gasteiger partial charge in [-0.25, -0.2) is 5.48 Å². The Bertz CT molecular complexity index is 743. The van der Waals surface area contributed by atoms with Gasteiger partial charge in [-0.15, -0.1) is 0 Å². The van der Waals surface area contributed by atoms with Crippen LogP contribution < -0.4 is 16.5 Å². The highest BCUT2D eigenvalue weighted by Gasteiger charge is 2.33. The lowest BCUT2D eigenvalue weighted by Crippen LogP contribution is -2.61. The third-order valence-corrected chi connectivity index (χ3v) is 3.28. The molecule has 0 radical (unpaired) electrons. The van der Waals surface area contributed by atoms with Crippen LogP contribution in [0.25, 0.3) is 0 Å². The zero-order valence-electron chi connectivity index (χ0n) is 15.1. The van der Waals surface area contributed by atoms with Gasteiger partial charge in [0.15, 0.2) is 0 Å². The standard InChI is InChI=1S/C19H23N3O4/c1-4-26-13-7-5-6-8-14-9-11-15(12-10-14)17(23)21-16(18(24)22-25)19(2,3)20/h9-12,16,25H,4,13,20H2,1-3H3,(H,21,23)(H,22,24)/t16-/m1/s1. The molecule has 0 aliphatic heterocycles. The van der Waals surface area contributed by atoms with E-state index in [0.717, 1.165) is 0 Å². The molecule has 138 valence electrons. The summed E-state index contributed by atoms with van der Waals surface area (Å²) >= 11 is 0. The van der Waals surface area contributed by atoms with Crippen molar-refractivity contribution in [3.8, 4) is 23.7 Å². The minimum Gasteiger partial charge on any atom is -0.369 e. The van der Waals surface area contributed by atoms with Crippen LogP contribution in [0.3, 0.4) is 0 Å². The lowest BCUT2D eigenvalue weighted by Gasteiger charge is -2.29. The maximum absolute atomic E-state index is 12.3. The zero-order valence-corrected chi connectivity index (χ0v) is 15.1. The Kier molecular flexibility index (Phi) is 8.33. The molecule has 0 saturated carbocycles. The minimum atomic E-state index is -1.10. The van der Waals surface area contributed by atoms with E-state index in [1.54, 1.807) is 38.1 Å². The molecular weight excluding hydrogens is 334 g/mol. The fourth-order valence-corrected chi connectivity index (χ4v) is 1.91. The number of nitrogens with two attached hydrogens (primary N) is 1. The quantitative estimate of drug-likeness (QED) is 0.255. The van der Waals surface area contributed by atoms with Crippen LogP contribution in [0.4, 0.5) is 0 Å². The van der Waals surface area contributed by atoms with Gasteiger partial charge < -0.3 is 15.8 Å². The SMILES string of the molecule is CCOCC#CC#Cc1ccc(C(=O)N[C@H](C(=O)NO)C(C)(C)N)cc1. The molecule has 0 unspecified atom stereocenters. The number of ether oxygens (including phenoxy) is 1. The highest BCUT2D eigenvalue weighted by Crippen LogP contribution is 2.08. The topological polar surface area (TPSA) is 114 Å². The van der Waals surface area contributed by atoms with Gasteiger partial charge in [-0.3, -0.25) is 14.8 Å². The molecule has 2 amide bonds. The van der Waals surface area contributed by atoms with E-state index in [-0.39, 0.29) is 0 Å². The number of amides is 2. The van der Waals surface area contributed by atoms with Gasteiger partial charge in [0.2, 0.25) is 0 Å². The minimum absolute atomic E-state index is 0.331. The van der Waals surface area contributed by atoms with Gasteiger partial charge in [0.25, 0.3) is 11.8 Å². The molecule has 7 heteroatoms. The fraction of sp³-hybridized carbons (Fsp3) is 0.368. The van der Waals surface area contributed by atoms with Crippen molar-refractivity contribution in [2.75, 3.05) is 13.2 Å². The van der Waals surface area contributed by atoms with Gasteiger partial charge in [-0.2, -0.15) is 0 Å². The molecule has 0 aliphatic rings. The first-order valence-electron chi connectivity index (χ1n) is 8.00. The van der Waals surface area contributed by atoms with Crippen LogP contribution in [-0.4, -0.2) is 41.8 Å². The van der Waals surface area contributed by atoms with Crippen LogP contribution in [0.2, 0.25) is 0 Å². The van der Waals surface area contributed by atoms with Crippen molar-refractivity contribution in [2.24, 2.45) is 5.73 Å². The molecule has 0 saturated heterocycles. The van der Waals surface area contributed by atoms with Crippen LogP contribution in [0, 0.1) is 23.7 Å². The first kappa shape index (κ1) is 21.2. The maximum Gasteiger partial charge on any atom is 0.267 e. The molecule has 0 spiro atoms. The molecule has 0 heterocycles. The summed E-state index contributed by atoms with van der Waals surface area (Å²) < 4.78 is 5.07. The Morgan fingerprint density at radius 1 is 1.27 bits per heavy atom. The number of rotatable bonds is 6. The van der Waals surface area contributed by atoms with Crippen LogP contribution in [-0.2, 0) is 9.53 Å². The molecule has 0 aliphatic carbocycles. The number of benzene rings is 1. The summed E-state index contributed by atoms with van der Waals surface area (Å²) in [6.07, 6.45) is 0. The first-order chi connectivity index (χ1) is 12.3. The normalized spacial score (nSPS) is 11.3. The van der Waals surface area contributed by atoms with E-state index in [2.05, 4.69) is 29.0 Å². The molecule has 26 heavy (non-hydrogen) atoms. The van der Waals surface area contributed by atoms with Crippen LogP contribution in [0.1, 0.15) is 36.7 Å². The smallest absolute Gasteiger partial charge is 0.267 e. The molecule has 0 fully saturated rings. The Labute approximate surface area is 153 Å². The van der Waals surface area contributed by atoms with E-state index in [1.807, 2.05) is 6.92 Å². The molecule has 5 N–H and O–H groups in total. The average Bonchev–Trinajstić information content (AvgIpc) is 2.61. The summed E-state index contributed by atoms with van der Waals surface area (Å²) in [5, 5.41) is 11.3. The highest BCUT2D eigenvalue weighted by atomic mass is 16.5. The van der Waals surface area contributed by atoms with E-state index in [9.17, 15) is 9.59 Å². The summed E-state index contributed by atoms with van der Waals surface area (Å²) in [7, 11) is 0. The Hall–Kier alpha value is -2.84. The van der Waals surface area contributed by atoms with Gasteiger partial charge in [0, 0.05) is 23.3 Å².